The number of fused-ring (bicyclic) bond motifs is 1. The standard InChI is InChI=1S/C16H16O6/c1-8(22-9(2)17)10-7-13(20-3)14-11(18)5-6-12(19)15(14)16(10)21-4/h5-8H,1-4H3. The van der Waals surface area contributed by atoms with E-state index in [1.807, 2.05) is 0 Å². The first-order valence-corrected chi connectivity index (χ1v) is 6.63. The molecule has 0 aromatic heterocycles. The van der Waals surface area contributed by atoms with Gasteiger partial charge < -0.3 is 14.2 Å². The van der Waals surface area contributed by atoms with Crippen LogP contribution in [-0.4, -0.2) is 31.8 Å². The van der Waals surface area contributed by atoms with Crippen molar-refractivity contribution in [2.45, 2.75) is 20.0 Å². The SMILES string of the molecule is COc1cc(C(C)OC(C)=O)c(OC)c2c1C(=O)C=CC2=O. The molecule has 1 atom stereocenters. The second-order valence-electron chi connectivity index (χ2n) is 4.76. The molecular formula is C16H16O6. The third kappa shape index (κ3) is 2.59. The molecule has 116 valence electrons. The van der Waals surface area contributed by atoms with Crippen LogP contribution in [-0.2, 0) is 9.53 Å². The molecule has 2 rings (SSSR count). The van der Waals surface area contributed by atoms with Gasteiger partial charge in [-0.1, -0.05) is 0 Å². The lowest BCUT2D eigenvalue weighted by Gasteiger charge is -2.22. The number of ether oxygens (including phenoxy) is 3. The van der Waals surface area contributed by atoms with Crippen LogP contribution < -0.4 is 9.47 Å². The fraction of sp³-hybridized carbons (Fsp3) is 0.312. The minimum absolute atomic E-state index is 0.128. The normalized spacial score (nSPS) is 14.4. The zero-order valence-electron chi connectivity index (χ0n) is 12.8. The van der Waals surface area contributed by atoms with Crippen molar-refractivity contribution in [1.82, 2.24) is 0 Å². The molecule has 0 spiro atoms. The minimum atomic E-state index is -0.652. The number of allylic oxidation sites excluding steroid dienone is 2. The van der Waals surface area contributed by atoms with Gasteiger partial charge in [0.2, 0.25) is 0 Å². The van der Waals surface area contributed by atoms with Crippen molar-refractivity contribution in [3.8, 4) is 11.5 Å². The minimum Gasteiger partial charge on any atom is -0.496 e. The summed E-state index contributed by atoms with van der Waals surface area (Å²) >= 11 is 0. The molecule has 0 saturated carbocycles. The quantitative estimate of drug-likeness (QED) is 0.794. The van der Waals surface area contributed by atoms with Crippen molar-refractivity contribution in [2.24, 2.45) is 0 Å². The lowest BCUT2D eigenvalue weighted by molar-refractivity contribution is -0.145. The van der Waals surface area contributed by atoms with E-state index >= 15 is 0 Å². The molecule has 0 fully saturated rings. The maximum absolute atomic E-state index is 12.2. The van der Waals surface area contributed by atoms with E-state index < -0.39 is 12.1 Å². The highest BCUT2D eigenvalue weighted by atomic mass is 16.5. The molecule has 1 aromatic rings. The number of carbonyl (C=O) groups is 3. The van der Waals surface area contributed by atoms with Gasteiger partial charge in [-0.3, -0.25) is 14.4 Å². The van der Waals surface area contributed by atoms with Crippen LogP contribution in [0, 0.1) is 0 Å². The first kappa shape index (κ1) is 15.8. The van der Waals surface area contributed by atoms with E-state index in [1.54, 1.807) is 13.0 Å². The molecular weight excluding hydrogens is 288 g/mol. The number of hydrogen-bond donors (Lipinski definition) is 0. The van der Waals surface area contributed by atoms with Crippen LogP contribution in [0.3, 0.4) is 0 Å². The topological polar surface area (TPSA) is 78.9 Å². The lowest BCUT2D eigenvalue weighted by Crippen LogP contribution is -2.17. The Kier molecular flexibility index (Phi) is 4.30. The fourth-order valence-corrected chi connectivity index (χ4v) is 2.45. The van der Waals surface area contributed by atoms with Crippen molar-refractivity contribution in [3.63, 3.8) is 0 Å². The maximum Gasteiger partial charge on any atom is 0.303 e. The Morgan fingerprint density at radius 1 is 1.05 bits per heavy atom. The number of carbonyl (C=O) groups excluding carboxylic acids is 3. The first-order chi connectivity index (χ1) is 10.4. The molecule has 0 saturated heterocycles. The molecule has 0 bridgehead atoms. The van der Waals surface area contributed by atoms with Crippen LogP contribution in [0.15, 0.2) is 18.2 Å². The maximum atomic E-state index is 12.2. The van der Waals surface area contributed by atoms with Gasteiger partial charge >= 0.3 is 5.97 Å². The van der Waals surface area contributed by atoms with Crippen molar-refractivity contribution >= 4 is 17.5 Å². The van der Waals surface area contributed by atoms with E-state index in [0.717, 1.165) is 0 Å². The zero-order chi connectivity index (χ0) is 16.4. The van der Waals surface area contributed by atoms with Gasteiger partial charge in [0.05, 0.1) is 25.3 Å². The Morgan fingerprint density at radius 3 is 2.14 bits per heavy atom. The molecule has 6 heteroatoms. The lowest BCUT2D eigenvalue weighted by atomic mass is 9.89. The van der Waals surface area contributed by atoms with Crippen LogP contribution >= 0.6 is 0 Å². The zero-order valence-corrected chi connectivity index (χ0v) is 12.8. The van der Waals surface area contributed by atoms with Crippen LogP contribution in [0.4, 0.5) is 0 Å². The molecule has 1 aliphatic carbocycles. The third-order valence-corrected chi connectivity index (χ3v) is 3.36. The number of ketones is 2. The highest BCUT2D eigenvalue weighted by Gasteiger charge is 2.31. The van der Waals surface area contributed by atoms with E-state index in [9.17, 15) is 14.4 Å². The van der Waals surface area contributed by atoms with Crippen molar-refractivity contribution < 1.29 is 28.6 Å². The molecule has 0 heterocycles. The van der Waals surface area contributed by atoms with Crippen LogP contribution in [0.1, 0.15) is 46.2 Å². The molecule has 6 nitrogen and oxygen atoms in total. The molecule has 1 unspecified atom stereocenters. The second kappa shape index (κ2) is 6.01. The summed E-state index contributed by atoms with van der Waals surface area (Å²) < 4.78 is 15.7. The molecule has 0 N–H and O–H groups in total. The van der Waals surface area contributed by atoms with Gasteiger partial charge in [0.25, 0.3) is 0 Å². The van der Waals surface area contributed by atoms with Gasteiger partial charge in [-0.25, -0.2) is 0 Å². The third-order valence-electron chi connectivity index (χ3n) is 3.36. The molecule has 0 radical (unpaired) electrons. The summed E-state index contributed by atoms with van der Waals surface area (Å²) in [6.45, 7) is 2.94. The van der Waals surface area contributed by atoms with Gasteiger partial charge in [-0.05, 0) is 25.1 Å². The summed E-state index contributed by atoms with van der Waals surface area (Å²) in [5.74, 6) is -0.702. The predicted octanol–water partition coefficient (Wildman–Crippen LogP) is 2.26. The Hall–Kier alpha value is -2.63. The van der Waals surface area contributed by atoms with E-state index in [4.69, 9.17) is 14.2 Å². The number of esters is 1. The number of benzene rings is 1. The van der Waals surface area contributed by atoms with Crippen LogP contribution in [0.5, 0.6) is 11.5 Å². The van der Waals surface area contributed by atoms with Crippen molar-refractivity contribution in [1.29, 1.82) is 0 Å². The number of hydrogen-bond acceptors (Lipinski definition) is 6. The summed E-state index contributed by atoms with van der Waals surface area (Å²) in [5, 5.41) is 0. The summed E-state index contributed by atoms with van der Waals surface area (Å²) in [7, 11) is 2.79. The smallest absolute Gasteiger partial charge is 0.303 e. The predicted molar refractivity (Wildman–Crippen MR) is 77.5 cm³/mol. The highest BCUT2D eigenvalue weighted by molar-refractivity contribution is 6.24. The van der Waals surface area contributed by atoms with E-state index in [1.165, 1.54) is 33.3 Å². The highest BCUT2D eigenvalue weighted by Crippen LogP contribution is 2.40. The van der Waals surface area contributed by atoms with Crippen LogP contribution in [0.2, 0.25) is 0 Å². The first-order valence-electron chi connectivity index (χ1n) is 6.63. The van der Waals surface area contributed by atoms with E-state index in [0.29, 0.717) is 5.56 Å². The average Bonchev–Trinajstić information content (AvgIpc) is 2.48. The molecule has 22 heavy (non-hydrogen) atoms. The van der Waals surface area contributed by atoms with Gasteiger partial charge in [0, 0.05) is 12.5 Å². The second-order valence-corrected chi connectivity index (χ2v) is 4.76. The Labute approximate surface area is 127 Å². The number of rotatable bonds is 4. The molecule has 0 amide bonds. The van der Waals surface area contributed by atoms with Crippen LogP contribution in [0.25, 0.3) is 0 Å². The van der Waals surface area contributed by atoms with E-state index in [2.05, 4.69) is 0 Å². The van der Waals surface area contributed by atoms with Crippen molar-refractivity contribution in [3.05, 3.63) is 34.9 Å². The molecule has 1 aliphatic rings. The number of methoxy groups -OCH3 is 2. The Morgan fingerprint density at radius 2 is 1.64 bits per heavy atom. The Bertz CT molecular complexity index is 686. The summed E-state index contributed by atoms with van der Waals surface area (Å²) in [4.78, 5) is 35.4. The van der Waals surface area contributed by atoms with Gasteiger partial charge in [0.15, 0.2) is 11.6 Å². The molecule has 0 aliphatic heterocycles. The molecule has 1 aromatic carbocycles. The van der Waals surface area contributed by atoms with Gasteiger partial charge in [-0.15, -0.1) is 0 Å². The largest absolute Gasteiger partial charge is 0.496 e. The fourth-order valence-electron chi connectivity index (χ4n) is 2.45. The average molecular weight is 304 g/mol. The summed E-state index contributed by atoms with van der Waals surface area (Å²) in [5.41, 5.74) is 0.749. The summed E-state index contributed by atoms with van der Waals surface area (Å²) in [6.07, 6.45) is 1.73. The monoisotopic (exact) mass is 304 g/mol. The van der Waals surface area contributed by atoms with Crippen molar-refractivity contribution in [2.75, 3.05) is 14.2 Å². The van der Waals surface area contributed by atoms with E-state index in [-0.39, 0.29) is 34.2 Å². The van der Waals surface area contributed by atoms with Gasteiger partial charge in [-0.2, -0.15) is 0 Å². The summed E-state index contributed by atoms with van der Waals surface area (Å²) in [6, 6.07) is 1.55. The Balaban J connectivity index is 2.73. The van der Waals surface area contributed by atoms with Gasteiger partial charge in [0.1, 0.15) is 17.6 Å².